The van der Waals surface area contributed by atoms with Gasteiger partial charge in [-0.15, -0.1) is 0 Å². The van der Waals surface area contributed by atoms with Crippen molar-refractivity contribution < 1.29 is 4.74 Å². The number of benzene rings is 1. The Labute approximate surface area is 116 Å². The minimum atomic E-state index is 0.0982. The van der Waals surface area contributed by atoms with Gasteiger partial charge in [0.2, 0.25) is 0 Å². The fraction of sp³-hybridized carbons (Fsp3) is 0.231. The molecule has 2 aromatic rings. The molecule has 0 radical (unpaired) electrons. The predicted octanol–water partition coefficient (Wildman–Crippen LogP) is 4.25. The van der Waals surface area contributed by atoms with E-state index >= 15 is 0 Å². The van der Waals surface area contributed by atoms with Gasteiger partial charge in [0.15, 0.2) is 0 Å². The molecule has 0 saturated carbocycles. The number of hydrogen-bond donors (Lipinski definition) is 1. The zero-order valence-corrected chi connectivity index (χ0v) is 11.7. The summed E-state index contributed by atoms with van der Waals surface area (Å²) in [7, 11) is 0. The van der Waals surface area contributed by atoms with Crippen LogP contribution in [0.5, 0.6) is 5.75 Å². The van der Waals surface area contributed by atoms with Crippen molar-refractivity contribution in [2.45, 2.75) is 20.0 Å². The number of para-hydroxylation sites is 1. The topological polar surface area (TPSA) is 37.9 Å². The molecule has 0 aliphatic carbocycles. The number of ether oxygens (including phenoxy) is 1. The zero-order valence-electron chi connectivity index (χ0n) is 10.1. The van der Waals surface area contributed by atoms with Crippen molar-refractivity contribution in [2.75, 3.05) is 0 Å². The van der Waals surface area contributed by atoms with Gasteiger partial charge in [0.25, 0.3) is 0 Å². The van der Waals surface area contributed by atoms with Crippen LogP contribution in [-0.2, 0) is 0 Å². The lowest BCUT2D eigenvalue weighted by atomic mass is 10.1. The second-order valence-electron chi connectivity index (χ2n) is 4.10. The van der Waals surface area contributed by atoms with Gasteiger partial charge >= 0.3 is 0 Å². The van der Waals surface area contributed by atoms with Crippen LogP contribution in [0.15, 0.2) is 30.3 Å². The Morgan fingerprint density at radius 1 is 1.28 bits per heavy atom. The van der Waals surface area contributed by atoms with Crippen LogP contribution in [0.2, 0.25) is 5.15 Å². The van der Waals surface area contributed by atoms with Crippen molar-refractivity contribution in [1.29, 1.82) is 0 Å². The molecule has 0 aliphatic heterocycles. The minimum absolute atomic E-state index is 0.0982. The largest absolute Gasteiger partial charge is 0.490 e. The Bertz CT molecular complexity index is 610. The monoisotopic (exact) mass is 280 g/mol. The number of halogens is 1. The van der Waals surface area contributed by atoms with Crippen molar-refractivity contribution in [2.24, 2.45) is 0 Å². The molecular weight excluding hydrogens is 268 g/mol. The molecule has 0 bridgehead atoms. The van der Waals surface area contributed by atoms with Gasteiger partial charge in [-0.3, -0.25) is 5.10 Å². The van der Waals surface area contributed by atoms with Crippen LogP contribution in [0.1, 0.15) is 13.8 Å². The van der Waals surface area contributed by atoms with Gasteiger partial charge in [-0.2, -0.15) is 5.10 Å². The van der Waals surface area contributed by atoms with Crippen LogP contribution in [0.4, 0.5) is 0 Å². The molecule has 5 heteroatoms. The molecule has 18 heavy (non-hydrogen) atoms. The Hall–Kier alpha value is -1.39. The van der Waals surface area contributed by atoms with Crippen LogP contribution in [0, 0.1) is 4.64 Å². The maximum atomic E-state index is 5.90. The SMILES string of the molecule is CC(C)Oc1ccccc1-c1cc(Cl)n[nH]c1=S. The Kier molecular flexibility index (Phi) is 3.99. The maximum absolute atomic E-state index is 5.90. The van der Waals surface area contributed by atoms with Gasteiger partial charge in [-0.1, -0.05) is 42.0 Å². The molecule has 0 fully saturated rings. The molecule has 1 aromatic carbocycles. The molecule has 0 spiro atoms. The molecular formula is C13H13ClN2OS. The molecule has 0 aliphatic rings. The van der Waals surface area contributed by atoms with Gasteiger partial charge in [0, 0.05) is 11.1 Å². The highest BCUT2D eigenvalue weighted by Crippen LogP contribution is 2.31. The lowest BCUT2D eigenvalue weighted by molar-refractivity contribution is 0.243. The lowest BCUT2D eigenvalue weighted by Gasteiger charge is -2.14. The number of H-pyrrole nitrogens is 1. The average molecular weight is 281 g/mol. The molecule has 0 atom stereocenters. The third kappa shape index (κ3) is 2.89. The van der Waals surface area contributed by atoms with E-state index in [1.54, 1.807) is 6.07 Å². The lowest BCUT2D eigenvalue weighted by Crippen LogP contribution is -2.06. The summed E-state index contributed by atoms with van der Waals surface area (Å²) in [4.78, 5) is 0. The summed E-state index contributed by atoms with van der Waals surface area (Å²) in [5.74, 6) is 0.786. The first-order valence-electron chi connectivity index (χ1n) is 5.59. The number of hydrogen-bond acceptors (Lipinski definition) is 3. The third-order valence-corrected chi connectivity index (χ3v) is 2.82. The van der Waals surface area contributed by atoms with Crippen LogP contribution < -0.4 is 4.74 Å². The Balaban J connectivity index is 2.56. The molecule has 94 valence electrons. The summed E-state index contributed by atoms with van der Waals surface area (Å²) in [6.45, 7) is 3.97. The maximum Gasteiger partial charge on any atom is 0.150 e. The van der Waals surface area contributed by atoms with Crippen LogP contribution in [0.3, 0.4) is 0 Å². The molecule has 0 unspecified atom stereocenters. The van der Waals surface area contributed by atoms with Crippen molar-refractivity contribution >= 4 is 23.8 Å². The summed E-state index contributed by atoms with van der Waals surface area (Å²) in [5, 5.41) is 6.95. The van der Waals surface area contributed by atoms with E-state index < -0.39 is 0 Å². The highest BCUT2D eigenvalue weighted by molar-refractivity contribution is 7.71. The fourth-order valence-corrected chi connectivity index (χ4v) is 1.99. The molecule has 0 saturated heterocycles. The van der Waals surface area contributed by atoms with E-state index in [1.807, 2.05) is 38.1 Å². The van der Waals surface area contributed by atoms with Crippen molar-refractivity contribution in [3.05, 3.63) is 40.1 Å². The average Bonchev–Trinajstić information content (AvgIpc) is 2.32. The summed E-state index contributed by atoms with van der Waals surface area (Å²) in [6, 6.07) is 9.47. The van der Waals surface area contributed by atoms with Crippen LogP contribution in [-0.4, -0.2) is 16.3 Å². The Morgan fingerprint density at radius 2 is 2.00 bits per heavy atom. The summed E-state index contributed by atoms with van der Waals surface area (Å²) >= 11 is 11.1. The first-order valence-corrected chi connectivity index (χ1v) is 6.38. The fourth-order valence-electron chi connectivity index (χ4n) is 1.63. The first kappa shape index (κ1) is 13.1. The number of nitrogens with one attached hydrogen (secondary N) is 1. The third-order valence-electron chi connectivity index (χ3n) is 2.31. The van der Waals surface area contributed by atoms with Crippen molar-refractivity contribution in [1.82, 2.24) is 10.2 Å². The number of aromatic nitrogens is 2. The molecule has 0 amide bonds. The van der Waals surface area contributed by atoms with Gasteiger partial charge in [0.05, 0.1) is 6.10 Å². The zero-order chi connectivity index (χ0) is 13.1. The van der Waals surface area contributed by atoms with E-state index in [4.69, 9.17) is 28.6 Å². The van der Waals surface area contributed by atoms with E-state index in [2.05, 4.69) is 10.2 Å². The summed E-state index contributed by atoms with van der Waals surface area (Å²) in [6.07, 6.45) is 0.0982. The standard InChI is InChI=1S/C13H13ClN2OS/c1-8(2)17-11-6-4-3-5-9(11)10-7-12(14)15-16-13(10)18/h3-8H,1-2H3,(H,16,18). The van der Waals surface area contributed by atoms with E-state index in [-0.39, 0.29) is 6.10 Å². The Morgan fingerprint density at radius 3 is 2.72 bits per heavy atom. The van der Waals surface area contributed by atoms with Crippen molar-refractivity contribution in [3.63, 3.8) is 0 Å². The second kappa shape index (κ2) is 5.50. The quantitative estimate of drug-likeness (QED) is 0.854. The van der Waals surface area contributed by atoms with Crippen LogP contribution in [0.25, 0.3) is 11.1 Å². The molecule has 2 rings (SSSR count). The van der Waals surface area contributed by atoms with E-state index in [1.165, 1.54) is 0 Å². The van der Waals surface area contributed by atoms with E-state index in [9.17, 15) is 0 Å². The van der Waals surface area contributed by atoms with E-state index in [0.29, 0.717) is 9.79 Å². The molecule has 1 N–H and O–H groups in total. The van der Waals surface area contributed by atoms with Crippen molar-refractivity contribution in [3.8, 4) is 16.9 Å². The normalized spacial score (nSPS) is 10.7. The smallest absolute Gasteiger partial charge is 0.150 e. The minimum Gasteiger partial charge on any atom is -0.490 e. The molecule has 3 nitrogen and oxygen atoms in total. The number of rotatable bonds is 3. The second-order valence-corrected chi connectivity index (χ2v) is 4.89. The summed E-state index contributed by atoms with van der Waals surface area (Å²) < 4.78 is 6.31. The number of nitrogens with zero attached hydrogens (tertiary/aromatic N) is 1. The van der Waals surface area contributed by atoms with E-state index in [0.717, 1.165) is 16.9 Å². The number of aromatic amines is 1. The molecule has 1 aromatic heterocycles. The van der Waals surface area contributed by atoms with Gasteiger partial charge in [-0.25, -0.2) is 0 Å². The van der Waals surface area contributed by atoms with Gasteiger partial charge < -0.3 is 4.74 Å². The summed E-state index contributed by atoms with van der Waals surface area (Å²) in [5.41, 5.74) is 1.73. The van der Waals surface area contributed by atoms with Gasteiger partial charge in [-0.05, 0) is 26.0 Å². The van der Waals surface area contributed by atoms with Crippen LogP contribution >= 0.6 is 23.8 Å². The molecule has 1 heterocycles. The highest BCUT2D eigenvalue weighted by Gasteiger charge is 2.10. The predicted molar refractivity (Wildman–Crippen MR) is 75.6 cm³/mol. The highest BCUT2D eigenvalue weighted by atomic mass is 35.5. The van der Waals surface area contributed by atoms with Gasteiger partial charge in [0.1, 0.15) is 15.5 Å². The first-order chi connectivity index (χ1) is 8.58.